The highest BCUT2D eigenvalue weighted by molar-refractivity contribution is 7.89. The van der Waals surface area contributed by atoms with Crippen molar-refractivity contribution in [2.45, 2.75) is 24.3 Å². The fourth-order valence-electron chi connectivity index (χ4n) is 1.58. The minimum Gasteiger partial charge on any atom is -0.465 e. The Bertz CT molecular complexity index is 632. The molecule has 0 heterocycles. The minimum atomic E-state index is -4.02. The summed E-state index contributed by atoms with van der Waals surface area (Å²) in [5, 5.41) is 10.6. The van der Waals surface area contributed by atoms with Crippen LogP contribution in [-0.2, 0) is 19.6 Å². The molecule has 0 aromatic heterocycles. The number of carbonyl (C=O) groups is 1. The van der Waals surface area contributed by atoms with E-state index in [-0.39, 0.29) is 29.5 Å². The fraction of sp³-hybridized carbons (Fsp3) is 0.417. The number of non-ortho nitro benzene ring substituents is 1. The van der Waals surface area contributed by atoms with Gasteiger partial charge in [0.05, 0.1) is 16.4 Å². The zero-order valence-electron chi connectivity index (χ0n) is 11.7. The third-order valence-electron chi connectivity index (χ3n) is 2.62. The number of hydrogen-bond acceptors (Lipinski definition) is 6. The molecule has 1 rings (SSSR count). The van der Waals surface area contributed by atoms with Gasteiger partial charge < -0.3 is 4.74 Å². The first-order valence-corrected chi connectivity index (χ1v) is 8.33. The van der Waals surface area contributed by atoms with E-state index in [1.807, 2.05) is 0 Å². The highest BCUT2D eigenvalue weighted by Crippen LogP contribution is 2.16. The van der Waals surface area contributed by atoms with Crippen LogP contribution in [-0.4, -0.2) is 37.8 Å². The lowest BCUT2D eigenvalue weighted by molar-refractivity contribution is -0.384. The molecule has 0 aliphatic rings. The summed E-state index contributed by atoms with van der Waals surface area (Å²) in [4.78, 5) is 21.4. The average Bonchev–Trinajstić information content (AvgIpc) is 2.47. The quantitative estimate of drug-likeness (QED) is 0.328. The van der Waals surface area contributed by atoms with Crippen molar-refractivity contribution in [2.24, 2.45) is 0 Å². The van der Waals surface area contributed by atoms with Crippen LogP contribution in [0, 0.1) is 10.1 Å². The van der Waals surface area contributed by atoms with Crippen LogP contribution in [0.25, 0.3) is 0 Å². The van der Waals surface area contributed by atoms with E-state index in [2.05, 4.69) is 4.72 Å². The maximum absolute atomic E-state index is 12.2. The molecule has 122 valence electrons. The Morgan fingerprint density at radius 2 is 2.00 bits per heavy atom. The summed E-state index contributed by atoms with van der Waals surface area (Å²) in [7, 11) is -4.02. The second-order valence-electron chi connectivity index (χ2n) is 4.15. The SMILES string of the molecule is CCOC(=O)[C@@H](CCCl)NS(=O)(=O)c1ccc([N+](=O)[O-])cc1. The van der Waals surface area contributed by atoms with Crippen LogP contribution in [0.15, 0.2) is 29.2 Å². The normalized spacial score (nSPS) is 12.6. The molecule has 1 aromatic carbocycles. The van der Waals surface area contributed by atoms with Crippen molar-refractivity contribution in [1.82, 2.24) is 4.72 Å². The van der Waals surface area contributed by atoms with Gasteiger partial charge in [0.1, 0.15) is 6.04 Å². The molecule has 0 spiro atoms. The molecule has 0 aliphatic carbocycles. The number of nitro groups is 1. The zero-order valence-corrected chi connectivity index (χ0v) is 13.3. The maximum Gasteiger partial charge on any atom is 0.324 e. The predicted octanol–water partition coefficient (Wildman–Crippen LogP) is 1.43. The van der Waals surface area contributed by atoms with E-state index >= 15 is 0 Å². The summed E-state index contributed by atoms with van der Waals surface area (Å²) in [5.41, 5.74) is -0.235. The molecule has 0 amide bonds. The number of alkyl halides is 1. The molecule has 0 bridgehead atoms. The van der Waals surface area contributed by atoms with Crippen LogP contribution in [0.1, 0.15) is 13.3 Å². The van der Waals surface area contributed by atoms with E-state index in [1.54, 1.807) is 6.92 Å². The van der Waals surface area contributed by atoms with Crippen LogP contribution in [0.5, 0.6) is 0 Å². The van der Waals surface area contributed by atoms with Gasteiger partial charge in [0.15, 0.2) is 0 Å². The van der Waals surface area contributed by atoms with E-state index < -0.39 is 27.0 Å². The van der Waals surface area contributed by atoms with E-state index in [1.165, 1.54) is 0 Å². The number of carbonyl (C=O) groups excluding carboxylic acids is 1. The summed E-state index contributed by atoms with van der Waals surface area (Å²) in [6.45, 7) is 1.71. The van der Waals surface area contributed by atoms with Gasteiger partial charge in [-0.1, -0.05) is 0 Å². The van der Waals surface area contributed by atoms with Crippen molar-refractivity contribution in [3.8, 4) is 0 Å². The number of sulfonamides is 1. The summed E-state index contributed by atoms with van der Waals surface area (Å²) >= 11 is 5.55. The van der Waals surface area contributed by atoms with Gasteiger partial charge in [0.25, 0.3) is 5.69 Å². The molecule has 22 heavy (non-hydrogen) atoms. The van der Waals surface area contributed by atoms with Crippen molar-refractivity contribution >= 4 is 33.3 Å². The molecule has 0 unspecified atom stereocenters. The zero-order chi connectivity index (χ0) is 16.8. The van der Waals surface area contributed by atoms with Crippen LogP contribution in [0.2, 0.25) is 0 Å². The molecule has 1 N–H and O–H groups in total. The molecule has 1 atom stereocenters. The number of ether oxygens (including phenoxy) is 1. The lowest BCUT2D eigenvalue weighted by atomic mass is 10.2. The molecule has 0 fully saturated rings. The molecule has 10 heteroatoms. The van der Waals surface area contributed by atoms with Crippen molar-refractivity contribution in [1.29, 1.82) is 0 Å². The van der Waals surface area contributed by atoms with Crippen LogP contribution in [0.4, 0.5) is 5.69 Å². The number of nitro benzene ring substituents is 1. The van der Waals surface area contributed by atoms with Gasteiger partial charge in [-0.25, -0.2) is 8.42 Å². The van der Waals surface area contributed by atoms with Gasteiger partial charge >= 0.3 is 5.97 Å². The van der Waals surface area contributed by atoms with Gasteiger partial charge in [-0.05, 0) is 25.5 Å². The number of hydrogen-bond donors (Lipinski definition) is 1. The van der Waals surface area contributed by atoms with Crippen molar-refractivity contribution in [2.75, 3.05) is 12.5 Å². The Morgan fingerprint density at radius 1 is 1.41 bits per heavy atom. The van der Waals surface area contributed by atoms with E-state index in [4.69, 9.17) is 16.3 Å². The minimum absolute atomic E-state index is 0.0618. The summed E-state index contributed by atoms with van der Waals surface area (Å²) in [6.07, 6.45) is 0.0621. The molecule has 8 nitrogen and oxygen atoms in total. The summed E-state index contributed by atoms with van der Waals surface area (Å²) < 4.78 is 31.3. The molecule has 0 radical (unpaired) electrons. The highest BCUT2D eigenvalue weighted by atomic mass is 35.5. The monoisotopic (exact) mass is 350 g/mol. The van der Waals surface area contributed by atoms with Gasteiger partial charge in [0.2, 0.25) is 10.0 Å². The second kappa shape index (κ2) is 8.06. The molecule has 0 aliphatic heterocycles. The van der Waals surface area contributed by atoms with Crippen LogP contribution < -0.4 is 4.72 Å². The number of nitrogens with one attached hydrogen (secondary N) is 1. The number of rotatable bonds is 8. The Balaban J connectivity index is 2.96. The number of nitrogens with zero attached hydrogens (tertiary/aromatic N) is 1. The number of halogens is 1. The molecular formula is C12H15ClN2O6S. The fourth-order valence-corrected chi connectivity index (χ4v) is 3.02. The first-order chi connectivity index (χ1) is 10.3. The van der Waals surface area contributed by atoms with Gasteiger partial charge in [-0.15, -0.1) is 11.6 Å². The molecular weight excluding hydrogens is 336 g/mol. The topological polar surface area (TPSA) is 116 Å². The Labute approximate surface area is 132 Å². The third-order valence-corrected chi connectivity index (χ3v) is 4.33. The van der Waals surface area contributed by atoms with Crippen LogP contribution in [0.3, 0.4) is 0 Å². The second-order valence-corrected chi connectivity index (χ2v) is 6.25. The lowest BCUT2D eigenvalue weighted by Crippen LogP contribution is -2.42. The first-order valence-electron chi connectivity index (χ1n) is 6.31. The van der Waals surface area contributed by atoms with Crippen molar-refractivity contribution in [3.63, 3.8) is 0 Å². The lowest BCUT2D eigenvalue weighted by Gasteiger charge is -2.16. The summed E-state index contributed by atoms with van der Waals surface area (Å²) in [5.74, 6) is -0.666. The number of benzene rings is 1. The van der Waals surface area contributed by atoms with Gasteiger partial charge in [0, 0.05) is 18.0 Å². The Morgan fingerprint density at radius 3 is 2.45 bits per heavy atom. The standard InChI is InChI=1S/C12H15ClN2O6S/c1-2-21-12(16)11(7-8-13)14-22(19,20)10-5-3-9(4-6-10)15(17)18/h3-6,11,14H,2,7-8H2,1H3/t11-/m1/s1. The van der Waals surface area contributed by atoms with Gasteiger partial charge in [-0.2, -0.15) is 4.72 Å². The predicted molar refractivity (Wildman–Crippen MR) is 79.2 cm³/mol. The van der Waals surface area contributed by atoms with Crippen LogP contribution >= 0.6 is 11.6 Å². The molecule has 1 aromatic rings. The van der Waals surface area contributed by atoms with Crippen molar-refractivity contribution in [3.05, 3.63) is 34.4 Å². The van der Waals surface area contributed by atoms with E-state index in [0.29, 0.717) is 0 Å². The van der Waals surface area contributed by atoms with Crippen molar-refractivity contribution < 1.29 is 22.9 Å². The Hall–Kier alpha value is -1.71. The van der Waals surface area contributed by atoms with E-state index in [9.17, 15) is 23.3 Å². The Kier molecular flexibility index (Phi) is 6.72. The molecule has 0 saturated carbocycles. The smallest absolute Gasteiger partial charge is 0.324 e. The maximum atomic E-state index is 12.2. The number of esters is 1. The third kappa shape index (κ3) is 4.93. The molecule has 0 saturated heterocycles. The first kappa shape index (κ1) is 18.3. The van der Waals surface area contributed by atoms with Gasteiger partial charge in [-0.3, -0.25) is 14.9 Å². The highest BCUT2D eigenvalue weighted by Gasteiger charge is 2.26. The van der Waals surface area contributed by atoms with E-state index in [0.717, 1.165) is 24.3 Å². The largest absolute Gasteiger partial charge is 0.465 e. The summed E-state index contributed by atoms with van der Waals surface area (Å²) in [6, 6.07) is 3.19. The average molecular weight is 351 g/mol.